The van der Waals surface area contributed by atoms with Crippen LogP contribution in [0.25, 0.3) is 0 Å². The molecule has 0 spiro atoms. The average Bonchev–Trinajstić information content (AvgIpc) is 2.28. The molecule has 0 aromatic carbocycles. The number of nitrogens with zero attached hydrogens (tertiary/aromatic N) is 1. The zero-order chi connectivity index (χ0) is 12.8. The summed E-state index contributed by atoms with van der Waals surface area (Å²) < 4.78 is 9.33. The lowest BCUT2D eigenvalue weighted by Crippen LogP contribution is -2.19. The topological polar surface area (TPSA) is 85.7 Å². The molecular formula is C11H13NO5. The predicted molar refractivity (Wildman–Crippen MR) is 57.3 cm³/mol. The van der Waals surface area contributed by atoms with E-state index in [1.165, 1.54) is 25.3 Å². The van der Waals surface area contributed by atoms with Crippen molar-refractivity contribution in [2.24, 2.45) is 0 Å². The summed E-state index contributed by atoms with van der Waals surface area (Å²) in [6, 6.07) is 2.91. The molecule has 0 aliphatic heterocycles. The van der Waals surface area contributed by atoms with Crippen molar-refractivity contribution in [1.82, 2.24) is 4.98 Å². The Kier molecular flexibility index (Phi) is 4.59. The molecule has 92 valence electrons. The summed E-state index contributed by atoms with van der Waals surface area (Å²) >= 11 is 0. The first-order valence-electron chi connectivity index (χ1n) is 5.07. The molecule has 0 bridgehead atoms. The van der Waals surface area contributed by atoms with E-state index in [1.54, 1.807) is 6.92 Å². The molecule has 1 aromatic rings. The Labute approximate surface area is 98.2 Å². The third kappa shape index (κ3) is 3.53. The summed E-state index contributed by atoms with van der Waals surface area (Å²) in [6.07, 6.45) is 0.0843. The second kappa shape index (κ2) is 5.95. The van der Waals surface area contributed by atoms with Gasteiger partial charge in [0.1, 0.15) is 0 Å². The Morgan fingerprint density at radius 1 is 1.47 bits per heavy atom. The van der Waals surface area contributed by atoms with Gasteiger partial charge in [-0.25, -0.2) is 14.6 Å². The third-order valence-corrected chi connectivity index (χ3v) is 1.77. The van der Waals surface area contributed by atoms with Crippen LogP contribution < -0.4 is 0 Å². The zero-order valence-corrected chi connectivity index (χ0v) is 9.54. The van der Waals surface area contributed by atoms with Crippen molar-refractivity contribution in [3.05, 3.63) is 29.6 Å². The van der Waals surface area contributed by atoms with Crippen molar-refractivity contribution in [1.29, 1.82) is 0 Å². The summed E-state index contributed by atoms with van der Waals surface area (Å²) in [7, 11) is 0. The van der Waals surface area contributed by atoms with Gasteiger partial charge in [-0.05, 0) is 26.0 Å². The molecule has 0 aliphatic carbocycles. The summed E-state index contributed by atoms with van der Waals surface area (Å²) in [5.74, 6) is -1.53. The van der Waals surface area contributed by atoms with Crippen molar-refractivity contribution in [2.45, 2.75) is 20.1 Å². The second-order valence-electron chi connectivity index (χ2n) is 3.12. The highest BCUT2D eigenvalue weighted by Crippen LogP contribution is 2.09. The molecule has 1 rings (SSSR count). The van der Waals surface area contributed by atoms with E-state index in [2.05, 4.69) is 9.72 Å². The number of rotatable bonds is 4. The number of aliphatic hydroxyl groups excluding tert-OH is 1. The fraction of sp³-hybridized carbons (Fsp3) is 0.364. The molecule has 0 saturated carbocycles. The van der Waals surface area contributed by atoms with Crippen LogP contribution in [0.1, 0.15) is 34.7 Å². The summed E-state index contributed by atoms with van der Waals surface area (Å²) in [4.78, 5) is 26.8. The minimum absolute atomic E-state index is 0.0139. The fourth-order valence-electron chi connectivity index (χ4n) is 1.15. The van der Waals surface area contributed by atoms with Gasteiger partial charge in [0.05, 0.1) is 12.2 Å². The minimum atomic E-state index is -1.26. The number of hydrogen-bond donors (Lipinski definition) is 1. The predicted octanol–water partition coefficient (Wildman–Crippen LogP) is 0.753. The van der Waals surface area contributed by atoms with Crippen molar-refractivity contribution in [3.63, 3.8) is 0 Å². The number of carbonyl (C=O) groups is 2. The summed E-state index contributed by atoms with van der Waals surface area (Å²) in [5.41, 5.74) is -0.160. The average molecular weight is 239 g/mol. The molecule has 0 saturated heterocycles. The maximum atomic E-state index is 11.5. The molecule has 17 heavy (non-hydrogen) atoms. The molecule has 6 heteroatoms. The van der Waals surface area contributed by atoms with Gasteiger partial charge >= 0.3 is 11.9 Å². The van der Waals surface area contributed by atoms with Crippen LogP contribution in [-0.4, -0.2) is 34.9 Å². The van der Waals surface area contributed by atoms with E-state index in [9.17, 15) is 9.59 Å². The van der Waals surface area contributed by atoms with Gasteiger partial charge < -0.3 is 14.6 Å². The minimum Gasteiger partial charge on any atom is -0.462 e. The van der Waals surface area contributed by atoms with E-state index in [0.29, 0.717) is 0 Å². The van der Waals surface area contributed by atoms with Crippen LogP contribution in [0.15, 0.2) is 18.3 Å². The van der Waals surface area contributed by atoms with Crippen molar-refractivity contribution in [2.75, 3.05) is 6.61 Å². The van der Waals surface area contributed by atoms with Crippen LogP contribution in [0.5, 0.6) is 0 Å². The number of pyridine rings is 1. The third-order valence-electron chi connectivity index (χ3n) is 1.77. The van der Waals surface area contributed by atoms with E-state index in [4.69, 9.17) is 9.84 Å². The molecule has 0 fully saturated rings. The van der Waals surface area contributed by atoms with Gasteiger partial charge in [-0.15, -0.1) is 0 Å². The maximum absolute atomic E-state index is 11.5. The maximum Gasteiger partial charge on any atom is 0.360 e. The normalized spacial score (nSPS) is 11.7. The van der Waals surface area contributed by atoms with Gasteiger partial charge in [-0.3, -0.25) is 0 Å². The van der Waals surface area contributed by atoms with Gasteiger partial charge in [0, 0.05) is 6.20 Å². The number of hydrogen-bond acceptors (Lipinski definition) is 6. The first-order valence-corrected chi connectivity index (χ1v) is 5.07. The number of aliphatic hydroxyl groups is 1. The zero-order valence-electron chi connectivity index (χ0n) is 9.54. The fourth-order valence-corrected chi connectivity index (χ4v) is 1.15. The molecule has 1 atom stereocenters. The largest absolute Gasteiger partial charge is 0.462 e. The monoisotopic (exact) mass is 239 g/mol. The van der Waals surface area contributed by atoms with Crippen LogP contribution in [0.3, 0.4) is 0 Å². The van der Waals surface area contributed by atoms with E-state index in [-0.39, 0.29) is 17.9 Å². The van der Waals surface area contributed by atoms with Crippen molar-refractivity contribution < 1.29 is 24.2 Å². The Bertz CT molecular complexity index is 416. The molecule has 1 heterocycles. The highest BCUT2D eigenvalue weighted by Gasteiger charge is 2.21. The second-order valence-corrected chi connectivity index (χ2v) is 3.12. The highest BCUT2D eigenvalue weighted by molar-refractivity contribution is 6.01. The van der Waals surface area contributed by atoms with E-state index < -0.39 is 18.2 Å². The molecule has 0 amide bonds. The quantitative estimate of drug-likeness (QED) is 0.616. The smallest absolute Gasteiger partial charge is 0.360 e. The van der Waals surface area contributed by atoms with Crippen LogP contribution in [0.4, 0.5) is 0 Å². The molecule has 1 N–H and O–H groups in total. The molecule has 0 radical (unpaired) electrons. The van der Waals surface area contributed by atoms with Crippen LogP contribution >= 0.6 is 0 Å². The van der Waals surface area contributed by atoms with Crippen molar-refractivity contribution in [3.8, 4) is 0 Å². The standard InChI is InChI=1S/C11H13NO5/c1-3-16-10(14)8-5-4-6-12-9(8)11(15)17-7(2)13/h4-7,13H,3H2,1-2H3. The van der Waals surface area contributed by atoms with Gasteiger partial charge in [0.15, 0.2) is 12.0 Å². The summed E-state index contributed by atoms with van der Waals surface area (Å²) in [5, 5.41) is 8.93. The van der Waals surface area contributed by atoms with E-state index in [0.717, 1.165) is 0 Å². The van der Waals surface area contributed by atoms with Gasteiger partial charge in [0.25, 0.3) is 0 Å². The number of aromatic nitrogens is 1. The summed E-state index contributed by atoms with van der Waals surface area (Å²) in [6.45, 7) is 3.13. The molecule has 6 nitrogen and oxygen atoms in total. The number of carbonyl (C=O) groups excluding carboxylic acids is 2. The lowest BCUT2D eigenvalue weighted by atomic mass is 10.2. The number of esters is 2. The van der Waals surface area contributed by atoms with Gasteiger partial charge in [-0.1, -0.05) is 0 Å². The Morgan fingerprint density at radius 3 is 2.76 bits per heavy atom. The molecule has 1 aromatic heterocycles. The highest BCUT2D eigenvalue weighted by atomic mass is 16.6. The number of ether oxygens (including phenoxy) is 2. The first kappa shape index (κ1) is 13.1. The van der Waals surface area contributed by atoms with Crippen LogP contribution in [0.2, 0.25) is 0 Å². The van der Waals surface area contributed by atoms with E-state index >= 15 is 0 Å². The molecule has 0 aliphatic rings. The van der Waals surface area contributed by atoms with Gasteiger partial charge in [0.2, 0.25) is 0 Å². The Hall–Kier alpha value is -1.95. The molecule has 1 unspecified atom stereocenters. The molecular weight excluding hydrogens is 226 g/mol. The van der Waals surface area contributed by atoms with Crippen LogP contribution in [0, 0.1) is 0 Å². The SMILES string of the molecule is CCOC(=O)c1cccnc1C(=O)OC(C)O. The van der Waals surface area contributed by atoms with Crippen LogP contribution in [-0.2, 0) is 9.47 Å². The van der Waals surface area contributed by atoms with Crippen molar-refractivity contribution >= 4 is 11.9 Å². The Balaban J connectivity index is 2.99. The lowest BCUT2D eigenvalue weighted by Gasteiger charge is -2.09. The lowest BCUT2D eigenvalue weighted by molar-refractivity contribution is -0.0529. The van der Waals surface area contributed by atoms with Gasteiger partial charge in [-0.2, -0.15) is 0 Å². The Morgan fingerprint density at radius 2 is 2.18 bits per heavy atom. The van der Waals surface area contributed by atoms with E-state index in [1.807, 2.05) is 0 Å². The first-order chi connectivity index (χ1) is 8.06.